The zero-order valence-corrected chi connectivity index (χ0v) is 11.4. The molecular weight excluding hydrogens is 214 g/mol. The van der Waals surface area contributed by atoms with Gasteiger partial charge in [-0.15, -0.1) is 0 Å². The Kier molecular flexibility index (Phi) is 6.22. The number of imidazole rings is 1. The second kappa shape index (κ2) is 7.45. The molecule has 1 N–H and O–H groups in total. The molecule has 1 aromatic heterocycles. The fraction of sp³-hybridized carbons (Fsp3) is 0.769. The Bertz CT molecular complexity index is 309. The summed E-state index contributed by atoms with van der Waals surface area (Å²) in [7, 11) is 0. The Morgan fingerprint density at radius 3 is 2.82 bits per heavy atom. The quantitative estimate of drug-likeness (QED) is 0.756. The van der Waals surface area contributed by atoms with Gasteiger partial charge in [0.15, 0.2) is 0 Å². The fourth-order valence-corrected chi connectivity index (χ4v) is 1.58. The van der Waals surface area contributed by atoms with Crippen LogP contribution in [0, 0.1) is 5.92 Å². The minimum absolute atomic E-state index is 0.348. The third kappa shape index (κ3) is 5.33. The fourth-order valence-electron chi connectivity index (χ4n) is 1.58. The molecule has 1 atom stereocenters. The summed E-state index contributed by atoms with van der Waals surface area (Å²) in [4.78, 5) is 4.39. The van der Waals surface area contributed by atoms with Crippen LogP contribution in [-0.2, 0) is 11.3 Å². The molecule has 1 unspecified atom stereocenters. The van der Waals surface area contributed by atoms with Gasteiger partial charge in [0.2, 0.25) is 0 Å². The van der Waals surface area contributed by atoms with Crippen molar-refractivity contribution in [2.24, 2.45) is 5.92 Å². The Hall–Kier alpha value is -0.870. The minimum atomic E-state index is 0.348. The van der Waals surface area contributed by atoms with Crippen molar-refractivity contribution in [3.63, 3.8) is 0 Å². The van der Waals surface area contributed by atoms with E-state index in [1.807, 2.05) is 13.3 Å². The maximum absolute atomic E-state index is 5.41. The van der Waals surface area contributed by atoms with Crippen LogP contribution in [0.5, 0.6) is 0 Å². The summed E-state index contributed by atoms with van der Waals surface area (Å²) in [6, 6.07) is 0.348. The zero-order chi connectivity index (χ0) is 12.7. The van der Waals surface area contributed by atoms with E-state index in [1.54, 1.807) is 0 Å². The van der Waals surface area contributed by atoms with Crippen LogP contribution in [0.1, 0.15) is 39.4 Å². The Morgan fingerprint density at radius 1 is 1.41 bits per heavy atom. The largest absolute Gasteiger partial charge is 0.380 e. The molecule has 17 heavy (non-hydrogen) atoms. The van der Waals surface area contributed by atoms with Crippen molar-refractivity contribution in [1.82, 2.24) is 14.9 Å². The van der Waals surface area contributed by atoms with Crippen LogP contribution in [0.3, 0.4) is 0 Å². The number of rotatable bonds is 8. The molecule has 1 heterocycles. The van der Waals surface area contributed by atoms with Crippen molar-refractivity contribution in [1.29, 1.82) is 0 Å². The molecule has 0 fully saturated rings. The van der Waals surface area contributed by atoms with Crippen LogP contribution in [0.2, 0.25) is 0 Å². The van der Waals surface area contributed by atoms with E-state index in [1.165, 1.54) is 0 Å². The summed E-state index contributed by atoms with van der Waals surface area (Å²) in [5.41, 5.74) is 1.09. The van der Waals surface area contributed by atoms with Crippen molar-refractivity contribution in [2.45, 2.75) is 40.3 Å². The van der Waals surface area contributed by atoms with Crippen LogP contribution < -0.4 is 5.32 Å². The first-order chi connectivity index (χ1) is 8.13. The number of hydrogen-bond donors (Lipinski definition) is 1. The van der Waals surface area contributed by atoms with E-state index in [0.29, 0.717) is 12.0 Å². The first-order valence-electron chi connectivity index (χ1n) is 6.44. The normalized spacial score (nSPS) is 13.2. The molecule has 0 aliphatic carbocycles. The molecule has 0 amide bonds. The van der Waals surface area contributed by atoms with Gasteiger partial charge in [0, 0.05) is 19.3 Å². The van der Waals surface area contributed by atoms with Crippen LogP contribution in [0.4, 0.5) is 0 Å². The Balaban J connectivity index is 2.36. The number of nitrogens with zero attached hydrogens (tertiary/aromatic N) is 2. The molecule has 0 saturated heterocycles. The van der Waals surface area contributed by atoms with Gasteiger partial charge >= 0.3 is 0 Å². The zero-order valence-electron chi connectivity index (χ0n) is 11.4. The lowest BCUT2D eigenvalue weighted by Gasteiger charge is -2.12. The van der Waals surface area contributed by atoms with Gasteiger partial charge in [-0.05, 0) is 26.3 Å². The predicted molar refractivity (Wildman–Crippen MR) is 70.0 cm³/mol. The maximum atomic E-state index is 5.41. The molecule has 0 aliphatic rings. The van der Waals surface area contributed by atoms with Crippen molar-refractivity contribution >= 4 is 0 Å². The van der Waals surface area contributed by atoms with Crippen LogP contribution >= 0.6 is 0 Å². The van der Waals surface area contributed by atoms with E-state index in [9.17, 15) is 0 Å². The molecule has 1 aromatic rings. The summed E-state index contributed by atoms with van der Waals surface area (Å²) in [6.07, 6.45) is 3.98. The lowest BCUT2D eigenvalue weighted by Crippen LogP contribution is -2.19. The van der Waals surface area contributed by atoms with E-state index < -0.39 is 0 Å². The highest BCUT2D eigenvalue weighted by atomic mass is 16.5. The lowest BCUT2D eigenvalue weighted by molar-refractivity contribution is 0.119. The third-order valence-corrected chi connectivity index (χ3v) is 2.59. The smallest absolute Gasteiger partial charge is 0.0953 e. The van der Waals surface area contributed by atoms with Crippen molar-refractivity contribution < 1.29 is 4.74 Å². The number of hydrogen-bond acceptors (Lipinski definition) is 3. The van der Waals surface area contributed by atoms with E-state index in [4.69, 9.17) is 4.74 Å². The van der Waals surface area contributed by atoms with Crippen LogP contribution in [-0.4, -0.2) is 29.3 Å². The van der Waals surface area contributed by atoms with Gasteiger partial charge in [-0.25, -0.2) is 4.98 Å². The molecule has 0 spiro atoms. The molecule has 4 heteroatoms. The third-order valence-electron chi connectivity index (χ3n) is 2.59. The maximum Gasteiger partial charge on any atom is 0.0953 e. The average molecular weight is 239 g/mol. The Morgan fingerprint density at radius 2 is 2.18 bits per heavy atom. The molecule has 1 rings (SSSR count). The lowest BCUT2D eigenvalue weighted by atomic mass is 10.2. The molecule has 0 bridgehead atoms. The van der Waals surface area contributed by atoms with E-state index in [2.05, 4.69) is 41.8 Å². The molecule has 98 valence electrons. The number of aromatic nitrogens is 2. The average Bonchev–Trinajstić information content (AvgIpc) is 2.74. The van der Waals surface area contributed by atoms with Crippen molar-refractivity contribution in [2.75, 3.05) is 19.8 Å². The van der Waals surface area contributed by atoms with Gasteiger partial charge in [0.05, 0.1) is 24.7 Å². The van der Waals surface area contributed by atoms with E-state index in [0.717, 1.165) is 32.0 Å². The minimum Gasteiger partial charge on any atom is -0.380 e. The predicted octanol–water partition coefficient (Wildman–Crippen LogP) is 2.23. The van der Waals surface area contributed by atoms with Gasteiger partial charge < -0.3 is 14.6 Å². The monoisotopic (exact) mass is 239 g/mol. The van der Waals surface area contributed by atoms with Gasteiger partial charge in [0.25, 0.3) is 0 Å². The summed E-state index contributed by atoms with van der Waals surface area (Å²) in [6.45, 7) is 11.9. The van der Waals surface area contributed by atoms with E-state index in [-0.39, 0.29) is 0 Å². The van der Waals surface area contributed by atoms with Crippen LogP contribution in [0.25, 0.3) is 0 Å². The van der Waals surface area contributed by atoms with Gasteiger partial charge in [-0.2, -0.15) is 0 Å². The topological polar surface area (TPSA) is 39.1 Å². The standard InChI is InChI=1S/C13H25N3O/c1-5-17-9-12(4)16-8-13(15-10-16)7-14-6-11(2)3/h8,10-12,14H,5-7,9H2,1-4H3. The van der Waals surface area contributed by atoms with Gasteiger partial charge in [-0.3, -0.25) is 0 Å². The molecule has 0 radical (unpaired) electrons. The van der Waals surface area contributed by atoms with Crippen LogP contribution in [0.15, 0.2) is 12.5 Å². The van der Waals surface area contributed by atoms with E-state index >= 15 is 0 Å². The summed E-state index contributed by atoms with van der Waals surface area (Å²) >= 11 is 0. The summed E-state index contributed by atoms with van der Waals surface area (Å²) in [5, 5.41) is 3.39. The number of ether oxygens (including phenoxy) is 1. The first-order valence-corrected chi connectivity index (χ1v) is 6.44. The molecule has 0 aliphatic heterocycles. The molecule has 0 saturated carbocycles. The number of nitrogens with one attached hydrogen (secondary N) is 1. The molecule has 4 nitrogen and oxygen atoms in total. The Labute approximate surface area is 104 Å². The van der Waals surface area contributed by atoms with Crippen molar-refractivity contribution in [3.05, 3.63) is 18.2 Å². The summed E-state index contributed by atoms with van der Waals surface area (Å²) in [5.74, 6) is 0.675. The van der Waals surface area contributed by atoms with Gasteiger partial charge in [0.1, 0.15) is 0 Å². The second-order valence-corrected chi connectivity index (χ2v) is 4.85. The first kappa shape index (κ1) is 14.2. The SMILES string of the molecule is CCOCC(C)n1cnc(CNCC(C)C)c1. The highest BCUT2D eigenvalue weighted by Crippen LogP contribution is 2.07. The highest BCUT2D eigenvalue weighted by molar-refractivity contribution is 4.97. The molecular formula is C13H25N3O. The van der Waals surface area contributed by atoms with Gasteiger partial charge in [-0.1, -0.05) is 13.8 Å². The second-order valence-electron chi connectivity index (χ2n) is 4.85. The summed E-state index contributed by atoms with van der Waals surface area (Å²) < 4.78 is 7.52. The highest BCUT2D eigenvalue weighted by Gasteiger charge is 2.06. The van der Waals surface area contributed by atoms with Crippen molar-refractivity contribution in [3.8, 4) is 0 Å². The molecule has 0 aromatic carbocycles.